The van der Waals surface area contributed by atoms with Gasteiger partial charge in [-0.1, -0.05) is 0 Å². The number of methoxy groups -OCH3 is 1. The largest absolute Gasteiger partial charge is 0.493 e. The molecule has 2 rings (SSSR count). The van der Waals surface area contributed by atoms with Crippen molar-refractivity contribution in [1.29, 1.82) is 0 Å². The maximum atomic E-state index is 13.0. The van der Waals surface area contributed by atoms with Gasteiger partial charge in [-0.3, -0.25) is 0 Å². The van der Waals surface area contributed by atoms with Gasteiger partial charge in [0, 0.05) is 24.6 Å². The van der Waals surface area contributed by atoms with Crippen LogP contribution in [0, 0.1) is 5.92 Å². The van der Waals surface area contributed by atoms with Crippen LogP contribution in [-0.2, 0) is 0 Å². The molecule has 0 aliphatic heterocycles. The Labute approximate surface area is 105 Å². The lowest BCUT2D eigenvalue weighted by atomic mass is 10.1. The van der Waals surface area contributed by atoms with Crippen molar-refractivity contribution in [1.82, 2.24) is 0 Å². The Morgan fingerprint density at radius 3 is 2.78 bits per heavy atom. The first-order chi connectivity index (χ1) is 8.50. The van der Waals surface area contributed by atoms with E-state index in [2.05, 4.69) is 0 Å². The molecule has 1 aliphatic rings. The summed E-state index contributed by atoms with van der Waals surface area (Å²) in [6.07, 6.45) is 0.370. The Balaban J connectivity index is 1.94. The normalized spacial score (nSPS) is 21.8. The van der Waals surface area contributed by atoms with Crippen molar-refractivity contribution in [3.05, 3.63) is 18.2 Å². The standard InChI is InChI=1S/C13H17F2NO2/c1-17-12-6-10(16)2-3-11(12)18-8-9-4-5-13(14,15)7-9/h2-3,6,9H,4-5,7-8,16H2,1H3. The third-order valence-corrected chi connectivity index (χ3v) is 3.17. The van der Waals surface area contributed by atoms with Gasteiger partial charge in [-0.05, 0) is 24.5 Å². The zero-order valence-corrected chi connectivity index (χ0v) is 10.3. The molecule has 0 spiro atoms. The number of anilines is 1. The highest BCUT2D eigenvalue weighted by molar-refractivity contribution is 5.51. The van der Waals surface area contributed by atoms with E-state index in [0.29, 0.717) is 23.6 Å². The molecule has 0 heterocycles. The van der Waals surface area contributed by atoms with Crippen LogP contribution in [0.1, 0.15) is 19.3 Å². The Bertz CT molecular complexity index is 423. The lowest BCUT2D eigenvalue weighted by Crippen LogP contribution is -2.14. The van der Waals surface area contributed by atoms with Gasteiger partial charge in [-0.15, -0.1) is 0 Å². The molecule has 0 bridgehead atoms. The minimum atomic E-state index is -2.53. The molecular weight excluding hydrogens is 240 g/mol. The Kier molecular flexibility index (Phi) is 3.59. The molecular formula is C13H17F2NO2. The summed E-state index contributed by atoms with van der Waals surface area (Å²) in [4.78, 5) is 0. The maximum absolute atomic E-state index is 13.0. The molecule has 1 saturated carbocycles. The second-order valence-corrected chi connectivity index (χ2v) is 4.69. The van der Waals surface area contributed by atoms with Gasteiger partial charge in [0.25, 0.3) is 0 Å². The number of ether oxygens (including phenoxy) is 2. The van der Waals surface area contributed by atoms with Crippen LogP contribution >= 0.6 is 0 Å². The van der Waals surface area contributed by atoms with Crippen LogP contribution in [0.25, 0.3) is 0 Å². The monoisotopic (exact) mass is 257 g/mol. The molecule has 1 atom stereocenters. The van der Waals surface area contributed by atoms with Gasteiger partial charge >= 0.3 is 0 Å². The molecule has 0 amide bonds. The topological polar surface area (TPSA) is 44.5 Å². The van der Waals surface area contributed by atoms with Gasteiger partial charge in [0.1, 0.15) is 0 Å². The Morgan fingerprint density at radius 1 is 1.39 bits per heavy atom. The van der Waals surface area contributed by atoms with E-state index >= 15 is 0 Å². The highest BCUT2D eigenvalue weighted by Crippen LogP contribution is 2.39. The zero-order chi connectivity index (χ0) is 13.2. The number of nitrogen functional groups attached to an aromatic ring is 1. The molecule has 1 aromatic carbocycles. The van der Waals surface area contributed by atoms with E-state index in [9.17, 15) is 8.78 Å². The van der Waals surface area contributed by atoms with Crippen LogP contribution in [0.3, 0.4) is 0 Å². The quantitative estimate of drug-likeness (QED) is 0.843. The van der Waals surface area contributed by atoms with Crippen molar-refractivity contribution >= 4 is 5.69 Å². The molecule has 0 radical (unpaired) electrons. The summed E-state index contributed by atoms with van der Waals surface area (Å²) in [5, 5.41) is 0. The van der Waals surface area contributed by atoms with E-state index in [-0.39, 0.29) is 25.4 Å². The van der Waals surface area contributed by atoms with Crippen LogP contribution < -0.4 is 15.2 Å². The molecule has 1 fully saturated rings. The average Bonchev–Trinajstić information content (AvgIpc) is 2.67. The third-order valence-electron chi connectivity index (χ3n) is 3.17. The number of benzene rings is 1. The summed E-state index contributed by atoms with van der Waals surface area (Å²) in [7, 11) is 1.52. The van der Waals surface area contributed by atoms with E-state index < -0.39 is 5.92 Å². The molecule has 3 nitrogen and oxygen atoms in total. The van der Waals surface area contributed by atoms with Gasteiger partial charge in [-0.25, -0.2) is 8.78 Å². The van der Waals surface area contributed by atoms with Gasteiger partial charge in [0.05, 0.1) is 13.7 Å². The lowest BCUT2D eigenvalue weighted by molar-refractivity contribution is 0.00288. The molecule has 0 saturated heterocycles. The molecule has 2 N–H and O–H groups in total. The predicted molar refractivity (Wildman–Crippen MR) is 65.2 cm³/mol. The summed E-state index contributed by atoms with van der Waals surface area (Å²) >= 11 is 0. The fraction of sp³-hybridized carbons (Fsp3) is 0.538. The van der Waals surface area contributed by atoms with Gasteiger partial charge < -0.3 is 15.2 Å². The SMILES string of the molecule is COc1cc(N)ccc1OCC1CCC(F)(F)C1. The zero-order valence-electron chi connectivity index (χ0n) is 10.3. The predicted octanol–water partition coefficient (Wildman–Crippen LogP) is 3.09. The van der Waals surface area contributed by atoms with E-state index in [1.54, 1.807) is 18.2 Å². The molecule has 0 aromatic heterocycles. The average molecular weight is 257 g/mol. The van der Waals surface area contributed by atoms with Crippen molar-refractivity contribution in [3.63, 3.8) is 0 Å². The van der Waals surface area contributed by atoms with E-state index in [4.69, 9.17) is 15.2 Å². The van der Waals surface area contributed by atoms with Crippen molar-refractivity contribution in [3.8, 4) is 11.5 Å². The van der Waals surface area contributed by atoms with Crippen LogP contribution in [-0.4, -0.2) is 19.6 Å². The van der Waals surface area contributed by atoms with Crippen molar-refractivity contribution in [2.45, 2.75) is 25.2 Å². The number of nitrogens with two attached hydrogens (primary N) is 1. The number of hydrogen-bond acceptors (Lipinski definition) is 3. The van der Waals surface area contributed by atoms with Crippen molar-refractivity contribution in [2.75, 3.05) is 19.5 Å². The fourth-order valence-electron chi connectivity index (χ4n) is 2.20. The molecule has 18 heavy (non-hydrogen) atoms. The molecule has 100 valence electrons. The molecule has 5 heteroatoms. The number of rotatable bonds is 4. The minimum Gasteiger partial charge on any atom is -0.493 e. The van der Waals surface area contributed by atoms with Gasteiger partial charge in [0.15, 0.2) is 11.5 Å². The number of halogens is 2. The second kappa shape index (κ2) is 5.00. The van der Waals surface area contributed by atoms with E-state index in [1.165, 1.54) is 7.11 Å². The number of hydrogen-bond donors (Lipinski definition) is 1. The summed E-state index contributed by atoms with van der Waals surface area (Å²) in [5.74, 6) is -1.55. The van der Waals surface area contributed by atoms with E-state index in [0.717, 1.165) is 0 Å². The van der Waals surface area contributed by atoms with Crippen molar-refractivity contribution in [2.24, 2.45) is 5.92 Å². The van der Waals surface area contributed by atoms with Crippen molar-refractivity contribution < 1.29 is 18.3 Å². The van der Waals surface area contributed by atoms with Gasteiger partial charge in [0.2, 0.25) is 5.92 Å². The summed E-state index contributed by atoms with van der Waals surface area (Å²) in [6.45, 7) is 0.288. The minimum absolute atomic E-state index is 0.0418. The first-order valence-corrected chi connectivity index (χ1v) is 5.94. The Morgan fingerprint density at radius 2 is 2.17 bits per heavy atom. The molecule has 1 unspecified atom stereocenters. The van der Waals surface area contributed by atoms with Crippen LogP contribution in [0.4, 0.5) is 14.5 Å². The summed E-state index contributed by atoms with van der Waals surface area (Å²) in [5.41, 5.74) is 6.20. The molecule has 1 aromatic rings. The fourth-order valence-corrected chi connectivity index (χ4v) is 2.20. The molecule has 1 aliphatic carbocycles. The maximum Gasteiger partial charge on any atom is 0.248 e. The highest BCUT2D eigenvalue weighted by atomic mass is 19.3. The third kappa shape index (κ3) is 3.03. The second-order valence-electron chi connectivity index (χ2n) is 4.69. The van der Waals surface area contributed by atoms with Gasteiger partial charge in [-0.2, -0.15) is 0 Å². The van der Waals surface area contributed by atoms with Crippen LogP contribution in [0.15, 0.2) is 18.2 Å². The Hall–Kier alpha value is -1.52. The number of alkyl halides is 2. The summed E-state index contributed by atoms with van der Waals surface area (Å²) < 4.78 is 36.7. The lowest BCUT2D eigenvalue weighted by Gasteiger charge is -2.14. The first-order valence-electron chi connectivity index (χ1n) is 5.94. The first kappa shape index (κ1) is 12.9. The van der Waals surface area contributed by atoms with Crippen LogP contribution in [0.5, 0.6) is 11.5 Å². The highest BCUT2D eigenvalue weighted by Gasteiger charge is 2.39. The summed E-state index contributed by atoms with van der Waals surface area (Å²) in [6, 6.07) is 5.04. The van der Waals surface area contributed by atoms with E-state index in [1.807, 2.05) is 0 Å². The smallest absolute Gasteiger partial charge is 0.248 e. The van der Waals surface area contributed by atoms with Crippen LogP contribution in [0.2, 0.25) is 0 Å².